The van der Waals surface area contributed by atoms with Gasteiger partial charge in [0.1, 0.15) is 5.75 Å². The Morgan fingerprint density at radius 3 is 2.39 bits per heavy atom. The first-order valence-electron chi connectivity index (χ1n) is 9.41. The molecule has 0 aromatic heterocycles. The van der Waals surface area contributed by atoms with Gasteiger partial charge in [-0.1, -0.05) is 0 Å². The number of halogens is 2. The van der Waals surface area contributed by atoms with Crippen LogP contribution in [0.25, 0.3) is 0 Å². The summed E-state index contributed by atoms with van der Waals surface area (Å²) >= 11 is 0. The molecule has 2 aromatic rings. The predicted molar refractivity (Wildman–Crippen MR) is 105 cm³/mol. The summed E-state index contributed by atoms with van der Waals surface area (Å²) in [5.74, 6) is -1.50. The van der Waals surface area contributed by atoms with E-state index in [1.165, 1.54) is 11.8 Å². The molecule has 0 bridgehead atoms. The second-order valence-corrected chi connectivity index (χ2v) is 6.77. The Hall–Kier alpha value is -2.67. The van der Waals surface area contributed by atoms with Crippen LogP contribution in [0, 0.1) is 11.6 Å². The molecule has 1 heterocycles. The molecule has 1 aliphatic heterocycles. The lowest BCUT2D eigenvalue weighted by Crippen LogP contribution is -2.47. The topological polar surface area (TPSA) is 44.8 Å². The van der Waals surface area contributed by atoms with Crippen molar-refractivity contribution in [2.75, 3.05) is 51.3 Å². The maximum atomic E-state index is 13.2. The van der Waals surface area contributed by atoms with Crippen molar-refractivity contribution in [1.29, 1.82) is 0 Å². The third kappa shape index (κ3) is 5.19. The van der Waals surface area contributed by atoms with Gasteiger partial charge in [0.15, 0.2) is 11.6 Å². The zero-order chi connectivity index (χ0) is 19.9. The highest BCUT2D eigenvalue weighted by Gasteiger charge is 2.17. The molecule has 2 aromatic carbocycles. The van der Waals surface area contributed by atoms with Gasteiger partial charge >= 0.3 is 0 Å². The summed E-state index contributed by atoms with van der Waals surface area (Å²) < 4.78 is 31.3. The maximum absolute atomic E-state index is 13.2. The van der Waals surface area contributed by atoms with E-state index in [2.05, 4.69) is 27.2 Å². The van der Waals surface area contributed by atoms with Crippen LogP contribution in [0.2, 0.25) is 0 Å². The van der Waals surface area contributed by atoms with Crippen molar-refractivity contribution in [3.63, 3.8) is 0 Å². The Balaban J connectivity index is 1.36. The van der Waals surface area contributed by atoms with Crippen molar-refractivity contribution in [2.24, 2.45) is 0 Å². The Morgan fingerprint density at radius 1 is 1.04 bits per heavy atom. The minimum atomic E-state index is -1.01. The summed E-state index contributed by atoms with van der Waals surface area (Å²) in [7, 11) is 1.66. The van der Waals surface area contributed by atoms with Crippen LogP contribution in [0.5, 0.6) is 5.75 Å². The number of benzene rings is 2. The van der Waals surface area contributed by atoms with Gasteiger partial charge in [-0.15, -0.1) is 0 Å². The fraction of sp³-hybridized carbons (Fsp3) is 0.381. The molecule has 1 amide bonds. The molecular formula is C21H25F2N3O2. The number of nitrogens with one attached hydrogen (secondary N) is 1. The fourth-order valence-electron chi connectivity index (χ4n) is 3.27. The van der Waals surface area contributed by atoms with E-state index in [-0.39, 0.29) is 11.5 Å². The number of rotatable bonds is 7. The number of nitrogens with zero attached hydrogens (tertiary/aromatic N) is 2. The lowest BCUT2D eigenvalue weighted by atomic mass is 10.2. The first kappa shape index (κ1) is 20.1. The Kier molecular flexibility index (Phi) is 6.81. The van der Waals surface area contributed by atoms with Crippen molar-refractivity contribution in [3.05, 3.63) is 59.7 Å². The molecular weight excluding hydrogens is 364 g/mol. The summed E-state index contributed by atoms with van der Waals surface area (Å²) in [5, 5.41) is 2.75. The SMILES string of the molecule is COc1ccc(N2CCN(CCCNC(=O)c3ccc(F)c(F)c3)CC2)cc1. The molecule has 150 valence electrons. The predicted octanol–water partition coefficient (Wildman–Crippen LogP) is 2.92. The molecule has 1 N–H and O–H groups in total. The van der Waals surface area contributed by atoms with E-state index >= 15 is 0 Å². The molecule has 0 atom stereocenters. The van der Waals surface area contributed by atoms with Crippen LogP contribution in [0.1, 0.15) is 16.8 Å². The smallest absolute Gasteiger partial charge is 0.251 e. The van der Waals surface area contributed by atoms with E-state index in [1.807, 2.05) is 12.1 Å². The van der Waals surface area contributed by atoms with Gasteiger partial charge in [0.2, 0.25) is 0 Å². The highest BCUT2D eigenvalue weighted by atomic mass is 19.2. The zero-order valence-electron chi connectivity index (χ0n) is 16.0. The largest absolute Gasteiger partial charge is 0.497 e. The highest BCUT2D eigenvalue weighted by Crippen LogP contribution is 2.20. The summed E-state index contributed by atoms with van der Waals surface area (Å²) in [4.78, 5) is 16.7. The first-order chi connectivity index (χ1) is 13.6. The third-order valence-electron chi connectivity index (χ3n) is 4.93. The molecule has 1 saturated heterocycles. The van der Waals surface area contributed by atoms with Gasteiger partial charge in [0.05, 0.1) is 7.11 Å². The number of methoxy groups -OCH3 is 1. The van der Waals surface area contributed by atoms with Gasteiger partial charge in [-0.05, 0) is 55.4 Å². The number of piperazine rings is 1. The quantitative estimate of drug-likeness (QED) is 0.740. The molecule has 7 heteroatoms. The Labute approximate surface area is 163 Å². The summed E-state index contributed by atoms with van der Waals surface area (Å²) in [6, 6.07) is 11.3. The molecule has 28 heavy (non-hydrogen) atoms. The molecule has 1 fully saturated rings. The van der Waals surface area contributed by atoms with Crippen molar-refractivity contribution < 1.29 is 18.3 Å². The zero-order valence-corrected chi connectivity index (χ0v) is 16.0. The third-order valence-corrected chi connectivity index (χ3v) is 4.93. The summed E-state index contributed by atoms with van der Waals surface area (Å²) in [6.45, 7) is 5.21. The Bertz CT molecular complexity index is 791. The Morgan fingerprint density at radius 2 is 1.75 bits per heavy atom. The lowest BCUT2D eigenvalue weighted by molar-refractivity contribution is 0.0951. The van der Waals surface area contributed by atoms with Crippen LogP contribution in [0.4, 0.5) is 14.5 Å². The van der Waals surface area contributed by atoms with Gasteiger partial charge in [-0.25, -0.2) is 8.78 Å². The van der Waals surface area contributed by atoms with Gasteiger partial charge in [-0.2, -0.15) is 0 Å². The van der Waals surface area contributed by atoms with E-state index in [9.17, 15) is 13.6 Å². The van der Waals surface area contributed by atoms with Gasteiger partial charge < -0.3 is 15.0 Å². The van der Waals surface area contributed by atoms with Gasteiger partial charge in [0.25, 0.3) is 5.91 Å². The second kappa shape index (κ2) is 9.50. The minimum Gasteiger partial charge on any atom is -0.497 e. The number of amides is 1. The van der Waals surface area contributed by atoms with Crippen molar-refractivity contribution in [1.82, 2.24) is 10.2 Å². The highest BCUT2D eigenvalue weighted by molar-refractivity contribution is 5.94. The van der Waals surface area contributed by atoms with E-state index in [0.717, 1.165) is 57.0 Å². The number of carbonyl (C=O) groups is 1. The van der Waals surface area contributed by atoms with Crippen molar-refractivity contribution in [2.45, 2.75) is 6.42 Å². The van der Waals surface area contributed by atoms with Gasteiger partial charge in [0, 0.05) is 44.0 Å². The number of hydrogen-bond acceptors (Lipinski definition) is 4. The first-order valence-corrected chi connectivity index (χ1v) is 9.41. The number of hydrogen-bond donors (Lipinski definition) is 1. The average molecular weight is 389 g/mol. The van der Waals surface area contributed by atoms with Crippen LogP contribution in [-0.4, -0.2) is 57.2 Å². The minimum absolute atomic E-state index is 0.131. The van der Waals surface area contributed by atoms with Crippen LogP contribution >= 0.6 is 0 Å². The molecule has 3 rings (SSSR count). The van der Waals surface area contributed by atoms with Crippen LogP contribution in [-0.2, 0) is 0 Å². The molecule has 0 spiro atoms. The molecule has 0 aliphatic carbocycles. The number of ether oxygens (including phenoxy) is 1. The summed E-state index contributed by atoms with van der Waals surface area (Å²) in [6.07, 6.45) is 0.804. The molecule has 0 saturated carbocycles. The molecule has 1 aliphatic rings. The summed E-state index contributed by atoms with van der Waals surface area (Å²) in [5.41, 5.74) is 1.33. The van der Waals surface area contributed by atoms with E-state index in [4.69, 9.17) is 4.74 Å². The monoisotopic (exact) mass is 389 g/mol. The fourth-order valence-corrected chi connectivity index (χ4v) is 3.27. The normalized spacial score (nSPS) is 14.8. The molecule has 0 unspecified atom stereocenters. The second-order valence-electron chi connectivity index (χ2n) is 6.77. The maximum Gasteiger partial charge on any atom is 0.251 e. The van der Waals surface area contributed by atoms with Crippen LogP contribution in [0.15, 0.2) is 42.5 Å². The molecule has 5 nitrogen and oxygen atoms in total. The van der Waals surface area contributed by atoms with Crippen molar-refractivity contribution >= 4 is 11.6 Å². The number of anilines is 1. The van der Waals surface area contributed by atoms with Crippen LogP contribution in [0.3, 0.4) is 0 Å². The number of carbonyl (C=O) groups excluding carboxylic acids is 1. The van der Waals surface area contributed by atoms with Crippen molar-refractivity contribution in [3.8, 4) is 5.75 Å². The average Bonchev–Trinajstić information content (AvgIpc) is 2.73. The standard InChI is InChI=1S/C21H25F2N3O2/c1-28-18-6-4-17(5-7-18)26-13-11-25(12-14-26)10-2-9-24-21(27)16-3-8-19(22)20(23)15-16/h3-8,15H,2,9-14H2,1H3,(H,24,27). The van der Waals surface area contributed by atoms with Crippen LogP contribution < -0.4 is 15.0 Å². The van der Waals surface area contributed by atoms with Gasteiger partial charge in [-0.3, -0.25) is 9.69 Å². The molecule has 0 radical (unpaired) electrons. The van der Waals surface area contributed by atoms with E-state index in [0.29, 0.717) is 6.54 Å². The van der Waals surface area contributed by atoms with E-state index in [1.54, 1.807) is 7.11 Å². The lowest BCUT2D eigenvalue weighted by Gasteiger charge is -2.36. The van der Waals surface area contributed by atoms with E-state index < -0.39 is 11.6 Å².